The fourth-order valence-corrected chi connectivity index (χ4v) is 2.39. The van der Waals surface area contributed by atoms with Crippen molar-refractivity contribution in [3.63, 3.8) is 0 Å². The number of halogens is 1. The maximum Gasteiger partial charge on any atom is 0.414 e. The van der Waals surface area contributed by atoms with Gasteiger partial charge in [0.1, 0.15) is 12.4 Å². The largest absolute Gasteiger partial charge is 0.490 e. The van der Waals surface area contributed by atoms with E-state index < -0.39 is 0 Å². The van der Waals surface area contributed by atoms with Crippen LogP contribution in [-0.4, -0.2) is 25.3 Å². The highest BCUT2D eigenvalue weighted by Gasteiger charge is 2.32. The number of ether oxygens (including phenoxy) is 2. The Kier molecular flexibility index (Phi) is 4.20. The summed E-state index contributed by atoms with van der Waals surface area (Å²) in [4.78, 5) is 13.5. The highest BCUT2D eigenvalue weighted by molar-refractivity contribution is 6.30. The zero-order valence-electron chi connectivity index (χ0n) is 12.2. The number of benzene rings is 2. The Bertz CT molecular complexity index is 655. The SMILES string of the molecule is Cc1ccc(OCC2CN(c3ccc(Cl)cc3)C(=O)O2)cc1. The molecule has 1 amide bonds. The lowest BCUT2D eigenvalue weighted by atomic mass is 10.2. The van der Waals surface area contributed by atoms with Crippen LogP contribution in [0.4, 0.5) is 10.5 Å². The van der Waals surface area contributed by atoms with E-state index in [1.807, 2.05) is 31.2 Å². The first-order valence-electron chi connectivity index (χ1n) is 7.05. The van der Waals surface area contributed by atoms with Crippen molar-refractivity contribution in [2.45, 2.75) is 13.0 Å². The smallest absolute Gasteiger partial charge is 0.414 e. The number of rotatable bonds is 4. The van der Waals surface area contributed by atoms with Crippen molar-refractivity contribution in [2.24, 2.45) is 0 Å². The van der Waals surface area contributed by atoms with Crippen molar-refractivity contribution >= 4 is 23.4 Å². The maximum absolute atomic E-state index is 11.9. The van der Waals surface area contributed by atoms with Crippen molar-refractivity contribution < 1.29 is 14.3 Å². The Hall–Kier alpha value is -2.20. The van der Waals surface area contributed by atoms with Crippen molar-refractivity contribution in [3.8, 4) is 5.75 Å². The molecule has 0 saturated carbocycles. The summed E-state index contributed by atoms with van der Waals surface area (Å²) in [6, 6.07) is 14.9. The predicted octanol–water partition coefficient (Wildman–Crippen LogP) is 4.05. The van der Waals surface area contributed by atoms with E-state index in [2.05, 4.69) is 0 Å². The van der Waals surface area contributed by atoms with Gasteiger partial charge in [0.25, 0.3) is 0 Å². The van der Waals surface area contributed by atoms with Crippen LogP contribution in [-0.2, 0) is 4.74 Å². The Morgan fingerprint density at radius 2 is 1.86 bits per heavy atom. The van der Waals surface area contributed by atoms with E-state index in [0.717, 1.165) is 11.4 Å². The Morgan fingerprint density at radius 3 is 2.55 bits per heavy atom. The molecule has 1 aliphatic rings. The van der Waals surface area contributed by atoms with Crippen LogP contribution in [0.25, 0.3) is 0 Å². The van der Waals surface area contributed by atoms with Gasteiger partial charge in [-0.15, -0.1) is 0 Å². The van der Waals surface area contributed by atoms with Crippen LogP contribution < -0.4 is 9.64 Å². The van der Waals surface area contributed by atoms with Crippen LogP contribution in [0.3, 0.4) is 0 Å². The second kappa shape index (κ2) is 6.28. The van der Waals surface area contributed by atoms with Crippen LogP contribution >= 0.6 is 11.6 Å². The van der Waals surface area contributed by atoms with E-state index in [1.165, 1.54) is 5.56 Å². The number of carbonyl (C=O) groups excluding carboxylic acids is 1. The molecule has 0 bridgehead atoms. The lowest BCUT2D eigenvalue weighted by Gasteiger charge is -2.13. The van der Waals surface area contributed by atoms with Gasteiger partial charge >= 0.3 is 6.09 Å². The lowest BCUT2D eigenvalue weighted by Crippen LogP contribution is -2.26. The molecule has 0 radical (unpaired) electrons. The standard InChI is InChI=1S/C17H16ClNO3/c1-12-2-8-15(9-3-12)21-11-16-10-19(17(20)22-16)14-6-4-13(18)5-7-14/h2-9,16H,10-11H2,1H3. The monoisotopic (exact) mass is 317 g/mol. The minimum atomic E-state index is -0.361. The summed E-state index contributed by atoms with van der Waals surface area (Å²) in [7, 11) is 0. The normalized spacial score (nSPS) is 17.5. The summed E-state index contributed by atoms with van der Waals surface area (Å²) in [5.74, 6) is 0.770. The van der Waals surface area contributed by atoms with E-state index in [-0.39, 0.29) is 12.2 Å². The molecule has 22 heavy (non-hydrogen) atoms. The van der Waals surface area contributed by atoms with Gasteiger partial charge in [0, 0.05) is 10.7 Å². The number of aryl methyl sites for hydroxylation is 1. The fourth-order valence-electron chi connectivity index (χ4n) is 2.26. The van der Waals surface area contributed by atoms with Gasteiger partial charge in [-0.3, -0.25) is 4.90 Å². The van der Waals surface area contributed by atoms with E-state index in [0.29, 0.717) is 18.2 Å². The highest BCUT2D eigenvalue weighted by Crippen LogP contribution is 2.24. The first-order chi connectivity index (χ1) is 10.6. The average molecular weight is 318 g/mol. The molecule has 1 heterocycles. The lowest BCUT2D eigenvalue weighted by molar-refractivity contribution is 0.105. The summed E-state index contributed by atoms with van der Waals surface area (Å²) >= 11 is 5.86. The maximum atomic E-state index is 11.9. The third-order valence-electron chi connectivity index (χ3n) is 3.47. The van der Waals surface area contributed by atoms with E-state index >= 15 is 0 Å². The Balaban J connectivity index is 1.59. The molecular weight excluding hydrogens is 302 g/mol. The second-order valence-corrected chi connectivity index (χ2v) is 5.65. The zero-order valence-corrected chi connectivity index (χ0v) is 12.9. The minimum absolute atomic E-state index is 0.288. The fraction of sp³-hybridized carbons (Fsp3) is 0.235. The van der Waals surface area contributed by atoms with Gasteiger partial charge in [0.15, 0.2) is 6.10 Å². The molecule has 2 aromatic carbocycles. The number of carbonyl (C=O) groups is 1. The predicted molar refractivity (Wildman–Crippen MR) is 85.7 cm³/mol. The van der Waals surface area contributed by atoms with Crippen LogP contribution in [0.15, 0.2) is 48.5 Å². The van der Waals surface area contributed by atoms with Gasteiger partial charge in [0.05, 0.1) is 6.54 Å². The molecular formula is C17H16ClNO3. The van der Waals surface area contributed by atoms with Gasteiger partial charge in [-0.25, -0.2) is 4.79 Å². The third kappa shape index (κ3) is 3.34. The van der Waals surface area contributed by atoms with Crippen molar-refractivity contribution in [1.82, 2.24) is 0 Å². The number of hydrogen-bond donors (Lipinski definition) is 0. The second-order valence-electron chi connectivity index (χ2n) is 5.22. The number of cyclic esters (lactones) is 1. The van der Waals surface area contributed by atoms with Crippen LogP contribution in [0.1, 0.15) is 5.56 Å². The molecule has 1 saturated heterocycles. The number of nitrogens with zero attached hydrogens (tertiary/aromatic N) is 1. The zero-order chi connectivity index (χ0) is 15.5. The number of amides is 1. The first kappa shape index (κ1) is 14.7. The first-order valence-corrected chi connectivity index (χ1v) is 7.43. The van der Waals surface area contributed by atoms with E-state index in [9.17, 15) is 4.79 Å². The van der Waals surface area contributed by atoms with Crippen molar-refractivity contribution in [1.29, 1.82) is 0 Å². The Labute approximate surface area is 134 Å². The average Bonchev–Trinajstić information content (AvgIpc) is 2.89. The quantitative estimate of drug-likeness (QED) is 0.854. The van der Waals surface area contributed by atoms with Gasteiger partial charge in [-0.2, -0.15) is 0 Å². The summed E-state index contributed by atoms with van der Waals surface area (Å²) < 4.78 is 11.0. The number of hydrogen-bond acceptors (Lipinski definition) is 3. The third-order valence-corrected chi connectivity index (χ3v) is 3.72. The molecule has 1 fully saturated rings. The van der Waals surface area contributed by atoms with Crippen LogP contribution in [0.2, 0.25) is 5.02 Å². The molecule has 5 heteroatoms. The van der Waals surface area contributed by atoms with Gasteiger partial charge < -0.3 is 9.47 Å². The molecule has 0 aromatic heterocycles. The minimum Gasteiger partial charge on any atom is -0.490 e. The number of anilines is 1. The van der Waals surface area contributed by atoms with Gasteiger partial charge in [-0.1, -0.05) is 29.3 Å². The van der Waals surface area contributed by atoms with Crippen molar-refractivity contribution in [3.05, 3.63) is 59.1 Å². The molecule has 1 atom stereocenters. The van der Waals surface area contributed by atoms with Crippen LogP contribution in [0, 0.1) is 6.92 Å². The van der Waals surface area contributed by atoms with Crippen LogP contribution in [0.5, 0.6) is 5.75 Å². The van der Waals surface area contributed by atoms with E-state index in [1.54, 1.807) is 29.2 Å². The highest BCUT2D eigenvalue weighted by atomic mass is 35.5. The molecule has 0 N–H and O–H groups in total. The molecule has 0 spiro atoms. The topological polar surface area (TPSA) is 38.8 Å². The molecule has 0 aliphatic carbocycles. The molecule has 3 rings (SSSR count). The Morgan fingerprint density at radius 1 is 1.18 bits per heavy atom. The molecule has 1 unspecified atom stereocenters. The summed E-state index contributed by atoms with van der Waals surface area (Å²) in [6.45, 7) is 2.82. The molecule has 4 nitrogen and oxygen atoms in total. The van der Waals surface area contributed by atoms with Gasteiger partial charge in [-0.05, 0) is 43.3 Å². The van der Waals surface area contributed by atoms with Crippen molar-refractivity contribution in [2.75, 3.05) is 18.1 Å². The molecule has 114 valence electrons. The summed E-state index contributed by atoms with van der Waals surface area (Å²) in [6.07, 6.45) is -0.649. The van der Waals surface area contributed by atoms with Gasteiger partial charge in [0.2, 0.25) is 0 Å². The summed E-state index contributed by atoms with van der Waals surface area (Å²) in [5, 5.41) is 0.635. The van der Waals surface area contributed by atoms with E-state index in [4.69, 9.17) is 21.1 Å². The molecule has 1 aliphatic heterocycles. The summed E-state index contributed by atoms with van der Waals surface area (Å²) in [5.41, 5.74) is 1.95. The molecule has 2 aromatic rings.